The number of ether oxygens (including phenoxy) is 2. The van der Waals surface area contributed by atoms with Crippen molar-refractivity contribution < 1.29 is 19.1 Å². The van der Waals surface area contributed by atoms with Crippen LogP contribution in [0.25, 0.3) is 11.3 Å². The van der Waals surface area contributed by atoms with Crippen molar-refractivity contribution in [3.8, 4) is 11.3 Å². The standard InChI is InChI=1S/C12H13N3O5/c1-19-9(16)3-4-15-5-7-10(13-14-11(7)17)8(6-15)12(18)20-2/h5-6H,3-4H2,1-2H3,(H,14,17). The molecule has 2 heterocycles. The van der Waals surface area contributed by atoms with E-state index in [1.54, 1.807) is 4.57 Å². The SMILES string of the molecule is COC(=O)CCn1cc(C(=O)OC)c2n[nH]c(=O)c-2c1. The Bertz CT molecular complexity index is 672. The van der Waals surface area contributed by atoms with Crippen molar-refractivity contribution in [2.75, 3.05) is 14.2 Å². The van der Waals surface area contributed by atoms with Crippen LogP contribution < -0.4 is 5.56 Å². The Hall–Kier alpha value is -2.64. The van der Waals surface area contributed by atoms with E-state index in [2.05, 4.69) is 19.7 Å². The summed E-state index contributed by atoms with van der Waals surface area (Å²) in [5.74, 6) is -0.985. The van der Waals surface area contributed by atoms with Crippen LogP contribution in [0.3, 0.4) is 0 Å². The van der Waals surface area contributed by atoms with Crippen LogP contribution in [0.4, 0.5) is 0 Å². The van der Waals surface area contributed by atoms with Crippen molar-refractivity contribution in [3.05, 3.63) is 28.3 Å². The number of nitrogens with zero attached hydrogens (tertiary/aromatic N) is 2. The number of hydrogen-bond donors (Lipinski definition) is 1. The number of carbonyl (C=O) groups is 2. The Kier molecular flexibility index (Phi) is 3.83. The number of esters is 2. The van der Waals surface area contributed by atoms with E-state index in [9.17, 15) is 14.4 Å². The van der Waals surface area contributed by atoms with Crippen molar-refractivity contribution in [2.45, 2.75) is 13.0 Å². The van der Waals surface area contributed by atoms with Gasteiger partial charge in [0.15, 0.2) is 0 Å². The van der Waals surface area contributed by atoms with Crippen molar-refractivity contribution >= 4 is 11.9 Å². The van der Waals surface area contributed by atoms with Crippen LogP contribution in [0.2, 0.25) is 0 Å². The molecule has 2 aliphatic rings. The first-order valence-corrected chi connectivity index (χ1v) is 5.80. The number of rotatable bonds is 4. The van der Waals surface area contributed by atoms with Gasteiger partial charge in [-0.2, -0.15) is 5.10 Å². The second-order valence-corrected chi connectivity index (χ2v) is 4.04. The van der Waals surface area contributed by atoms with E-state index in [4.69, 9.17) is 0 Å². The van der Waals surface area contributed by atoms with Gasteiger partial charge in [0.25, 0.3) is 5.56 Å². The molecule has 2 aliphatic heterocycles. The third kappa shape index (κ3) is 2.53. The predicted octanol–water partition coefficient (Wildman–Crippen LogP) is 0.0259. The Labute approximate surface area is 113 Å². The summed E-state index contributed by atoms with van der Waals surface area (Å²) in [6.45, 7) is 0.275. The lowest BCUT2D eigenvalue weighted by Gasteiger charge is -2.10. The summed E-state index contributed by atoms with van der Waals surface area (Å²) in [5, 5.41) is 6.08. The summed E-state index contributed by atoms with van der Waals surface area (Å²) in [4.78, 5) is 34.4. The van der Waals surface area contributed by atoms with Crippen molar-refractivity contribution in [1.29, 1.82) is 0 Å². The largest absolute Gasteiger partial charge is 0.469 e. The molecule has 0 atom stereocenters. The van der Waals surface area contributed by atoms with Crippen LogP contribution >= 0.6 is 0 Å². The molecule has 106 valence electrons. The molecule has 8 nitrogen and oxygen atoms in total. The number of aromatic amines is 1. The lowest BCUT2D eigenvalue weighted by atomic mass is 10.1. The second-order valence-electron chi connectivity index (χ2n) is 4.04. The maximum absolute atomic E-state index is 11.7. The first-order chi connectivity index (χ1) is 9.56. The fourth-order valence-corrected chi connectivity index (χ4v) is 1.80. The first-order valence-electron chi connectivity index (χ1n) is 5.80. The number of fused-ring (bicyclic) bond motifs is 1. The Morgan fingerprint density at radius 2 is 2.05 bits per heavy atom. The number of aryl methyl sites for hydroxylation is 1. The minimum Gasteiger partial charge on any atom is -0.469 e. The third-order valence-corrected chi connectivity index (χ3v) is 2.82. The number of nitrogens with one attached hydrogen (secondary N) is 1. The van der Waals surface area contributed by atoms with Crippen molar-refractivity contribution in [3.63, 3.8) is 0 Å². The highest BCUT2D eigenvalue weighted by Gasteiger charge is 2.21. The maximum Gasteiger partial charge on any atom is 0.341 e. The number of carbonyl (C=O) groups excluding carboxylic acids is 2. The van der Waals surface area contributed by atoms with Gasteiger partial charge in [0, 0.05) is 18.9 Å². The highest BCUT2D eigenvalue weighted by Crippen LogP contribution is 2.20. The summed E-state index contributed by atoms with van der Waals surface area (Å²) in [5.41, 5.74) is 0.264. The maximum atomic E-state index is 11.7. The number of H-pyrrole nitrogens is 1. The Morgan fingerprint density at radius 1 is 1.30 bits per heavy atom. The van der Waals surface area contributed by atoms with E-state index >= 15 is 0 Å². The van der Waals surface area contributed by atoms with Crippen LogP contribution in [-0.2, 0) is 20.8 Å². The monoisotopic (exact) mass is 279 g/mol. The average molecular weight is 279 g/mol. The number of pyridine rings is 1. The minimum atomic E-state index is -0.603. The highest BCUT2D eigenvalue weighted by atomic mass is 16.5. The molecule has 20 heavy (non-hydrogen) atoms. The molecule has 0 fully saturated rings. The van der Waals surface area contributed by atoms with Crippen LogP contribution in [0.1, 0.15) is 16.8 Å². The van der Waals surface area contributed by atoms with Crippen molar-refractivity contribution in [1.82, 2.24) is 14.8 Å². The van der Waals surface area contributed by atoms with Gasteiger partial charge in [-0.05, 0) is 0 Å². The van der Waals surface area contributed by atoms with Gasteiger partial charge in [0.1, 0.15) is 11.3 Å². The topological polar surface area (TPSA) is 103 Å². The van der Waals surface area contributed by atoms with Crippen LogP contribution in [-0.4, -0.2) is 40.9 Å². The lowest BCUT2D eigenvalue weighted by molar-refractivity contribution is -0.140. The van der Waals surface area contributed by atoms with Crippen LogP contribution in [0.15, 0.2) is 17.2 Å². The van der Waals surface area contributed by atoms with Crippen LogP contribution in [0.5, 0.6) is 0 Å². The van der Waals surface area contributed by atoms with Crippen molar-refractivity contribution in [2.24, 2.45) is 0 Å². The van der Waals surface area contributed by atoms with Gasteiger partial charge in [-0.1, -0.05) is 0 Å². The van der Waals surface area contributed by atoms with Gasteiger partial charge in [-0.15, -0.1) is 0 Å². The molecule has 0 saturated carbocycles. The number of methoxy groups -OCH3 is 2. The molecule has 0 spiro atoms. The molecule has 0 amide bonds. The molecule has 0 aliphatic carbocycles. The van der Waals surface area contributed by atoms with Gasteiger partial charge < -0.3 is 14.0 Å². The molecular weight excluding hydrogens is 266 g/mol. The fourth-order valence-electron chi connectivity index (χ4n) is 1.80. The van der Waals surface area contributed by atoms with Crippen LogP contribution in [0, 0.1) is 0 Å². The van der Waals surface area contributed by atoms with Gasteiger partial charge in [-0.3, -0.25) is 9.59 Å². The molecule has 0 bridgehead atoms. The molecule has 0 saturated heterocycles. The zero-order valence-corrected chi connectivity index (χ0v) is 11.0. The molecule has 1 N–H and O–H groups in total. The van der Waals surface area contributed by atoms with Gasteiger partial charge in [-0.25, -0.2) is 9.89 Å². The van der Waals surface area contributed by atoms with Gasteiger partial charge in [0.05, 0.1) is 26.2 Å². The molecular formula is C12H13N3O5. The Balaban J connectivity index is 2.42. The fraction of sp³-hybridized carbons (Fsp3) is 0.333. The zero-order chi connectivity index (χ0) is 14.7. The quantitative estimate of drug-likeness (QED) is 0.792. The summed E-state index contributed by atoms with van der Waals surface area (Å²) < 4.78 is 10.8. The highest BCUT2D eigenvalue weighted by molar-refractivity contribution is 5.95. The van der Waals surface area contributed by atoms with E-state index in [1.165, 1.54) is 26.6 Å². The Morgan fingerprint density at radius 3 is 2.70 bits per heavy atom. The first kappa shape index (κ1) is 13.8. The van der Waals surface area contributed by atoms with E-state index < -0.39 is 11.5 Å². The van der Waals surface area contributed by atoms with E-state index in [1.807, 2.05) is 0 Å². The molecule has 0 aromatic heterocycles. The summed E-state index contributed by atoms with van der Waals surface area (Å²) in [7, 11) is 2.53. The second kappa shape index (κ2) is 5.55. The molecule has 2 rings (SSSR count). The summed E-state index contributed by atoms with van der Waals surface area (Å²) >= 11 is 0. The predicted molar refractivity (Wildman–Crippen MR) is 67.4 cm³/mol. The van der Waals surface area contributed by atoms with Gasteiger partial charge >= 0.3 is 11.9 Å². The lowest BCUT2D eigenvalue weighted by Crippen LogP contribution is -2.13. The summed E-state index contributed by atoms with van der Waals surface area (Å²) in [6.07, 6.45) is 3.13. The summed E-state index contributed by atoms with van der Waals surface area (Å²) in [6, 6.07) is 0. The normalized spacial score (nSPS) is 10.5. The molecule has 0 aromatic rings. The molecule has 0 aromatic carbocycles. The molecule has 0 radical (unpaired) electrons. The zero-order valence-electron chi connectivity index (χ0n) is 11.0. The molecule has 0 unspecified atom stereocenters. The minimum absolute atomic E-state index is 0.124. The third-order valence-electron chi connectivity index (χ3n) is 2.82. The van der Waals surface area contributed by atoms with E-state index in [0.29, 0.717) is 0 Å². The van der Waals surface area contributed by atoms with E-state index in [-0.39, 0.29) is 35.8 Å². The smallest absolute Gasteiger partial charge is 0.341 e. The number of aromatic nitrogens is 3. The average Bonchev–Trinajstić information content (AvgIpc) is 2.84. The van der Waals surface area contributed by atoms with E-state index in [0.717, 1.165) is 0 Å². The number of hydrogen-bond acceptors (Lipinski definition) is 6. The molecule has 8 heteroatoms. The van der Waals surface area contributed by atoms with Gasteiger partial charge in [0.2, 0.25) is 0 Å².